The fourth-order valence-corrected chi connectivity index (χ4v) is 4.61. The van der Waals surface area contributed by atoms with Crippen LogP contribution in [0.1, 0.15) is 5.01 Å². The molecule has 1 aliphatic heterocycles. The summed E-state index contributed by atoms with van der Waals surface area (Å²) in [5.74, 6) is 0. The summed E-state index contributed by atoms with van der Waals surface area (Å²) in [7, 11) is 2.11. The van der Waals surface area contributed by atoms with Gasteiger partial charge in [0, 0.05) is 17.0 Å². The van der Waals surface area contributed by atoms with Crippen LogP contribution in [-0.2, 0) is 7.05 Å². The fourth-order valence-electron chi connectivity index (χ4n) is 2.62. The number of anilines is 1. The molecule has 0 amide bonds. The van der Waals surface area contributed by atoms with E-state index in [-0.39, 0.29) is 0 Å². The molecule has 0 saturated carbocycles. The Balaban J connectivity index is 1.45. The van der Waals surface area contributed by atoms with Crippen LogP contribution in [0.4, 0.5) is 5.69 Å². The predicted octanol–water partition coefficient (Wildman–Crippen LogP) is 5.35. The summed E-state index contributed by atoms with van der Waals surface area (Å²) >= 11 is 3.58. The molecule has 4 rings (SSSR count). The van der Waals surface area contributed by atoms with Gasteiger partial charge < -0.3 is 5.32 Å². The van der Waals surface area contributed by atoms with Gasteiger partial charge in [0.25, 0.3) is 5.01 Å². The Morgan fingerprint density at radius 3 is 2.67 bits per heavy atom. The van der Waals surface area contributed by atoms with Crippen molar-refractivity contribution in [2.75, 3.05) is 5.32 Å². The number of aryl methyl sites for hydroxylation is 1. The van der Waals surface area contributed by atoms with Crippen LogP contribution < -0.4 is 9.88 Å². The molecule has 118 valence electrons. The molecule has 0 aliphatic carbocycles. The molecule has 2 heterocycles. The zero-order valence-electron chi connectivity index (χ0n) is 13.3. The summed E-state index contributed by atoms with van der Waals surface area (Å²) in [5, 5.41) is 5.82. The van der Waals surface area contributed by atoms with Crippen molar-refractivity contribution in [1.82, 2.24) is 0 Å². The molecule has 1 aliphatic rings. The van der Waals surface area contributed by atoms with Crippen LogP contribution in [0.3, 0.4) is 0 Å². The maximum atomic E-state index is 3.42. The molecule has 0 atom stereocenters. The highest BCUT2D eigenvalue weighted by molar-refractivity contribution is 8.03. The van der Waals surface area contributed by atoms with E-state index in [4.69, 9.17) is 0 Å². The molecule has 3 aromatic rings. The number of nitrogens with one attached hydrogen (secondary N) is 1. The second-order valence-electron chi connectivity index (χ2n) is 5.47. The Kier molecular flexibility index (Phi) is 4.24. The van der Waals surface area contributed by atoms with Gasteiger partial charge in [-0.2, -0.15) is 4.57 Å². The highest BCUT2D eigenvalue weighted by Gasteiger charge is 2.14. The molecule has 0 saturated heterocycles. The van der Waals surface area contributed by atoms with Crippen LogP contribution in [0.5, 0.6) is 0 Å². The molecule has 0 unspecified atom stereocenters. The van der Waals surface area contributed by atoms with Gasteiger partial charge in [0.2, 0.25) is 5.52 Å². The van der Waals surface area contributed by atoms with E-state index in [9.17, 15) is 0 Å². The standard InChI is InChI=1S/C20H16N2S2/c1-22-16-10-6-8-12-18(16)24-20(22)14-4-2-3-13-19-21-15-9-5-7-11-17(15)23-19/h2-14H,1H3/p+1. The van der Waals surface area contributed by atoms with E-state index in [1.807, 2.05) is 11.3 Å². The summed E-state index contributed by atoms with van der Waals surface area (Å²) in [6.45, 7) is 0. The Bertz CT molecular complexity index is 953. The normalized spacial score (nSPS) is 15.6. The largest absolute Gasteiger partial charge is 0.349 e. The molecule has 24 heavy (non-hydrogen) atoms. The highest BCUT2D eigenvalue weighted by atomic mass is 32.2. The van der Waals surface area contributed by atoms with Crippen molar-refractivity contribution in [2.24, 2.45) is 7.05 Å². The first kappa shape index (κ1) is 15.2. The second-order valence-corrected chi connectivity index (χ2v) is 7.61. The average molecular weight is 350 g/mol. The molecule has 2 aromatic carbocycles. The number of hydrogen-bond acceptors (Lipinski definition) is 3. The number of benzene rings is 2. The second kappa shape index (κ2) is 6.67. The average Bonchev–Trinajstić information content (AvgIpc) is 3.16. The van der Waals surface area contributed by atoms with Crippen LogP contribution in [0.2, 0.25) is 0 Å². The maximum absolute atomic E-state index is 3.42. The smallest absolute Gasteiger partial charge is 0.262 e. The fraction of sp³-hybridized carbons (Fsp3) is 0.0500. The minimum absolute atomic E-state index is 1.16. The summed E-state index contributed by atoms with van der Waals surface area (Å²) in [6, 6.07) is 16.9. The van der Waals surface area contributed by atoms with Gasteiger partial charge in [-0.25, -0.2) is 0 Å². The van der Waals surface area contributed by atoms with E-state index < -0.39 is 0 Å². The van der Waals surface area contributed by atoms with Crippen molar-refractivity contribution in [2.45, 2.75) is 4.90 Å². The van der Waals surface area contributed by atoms with Crippen LogP contribution in [0.15, 0.2) is 82.8 Å². The number of hydrogen-bond donors (Lipinski definition) is 1. The molecule has 0 spiro atoms. The van der Waals surface area contributed by atoms with Crippen LogP contribution in [0, 0.1) is 0 Å². The minimum Gasteiger partial charge on any atom is -0.349 e. The summed E-state index contributed by atoms with van der Waals surface area (Å²) in [5.41, 5.74) is 2.47. The van der Waals surface area contributed by atoms with Crippen LogP contribution in [0.25, 0.3) is 16.3 Å². The Morgan fingerprint density at radius 1 is 0.958 bits per heavy atom. The lowest BCUT2D eigenvalue weighted by atomic mass is 10.3. The van der Waals surface area contributed by atoms with Gasteiger partial charge in [-0.1, -0.05) is 65.6 Å². The van der Waals surface area contributed by atoms with E-state index in [0.29, 0.717) is 0 Å². The summed E-state index contributed by atoms with van der Waals surface area (Å²) < 4.78 is 3.54. The first-order valence-corrected chi connectivity index (χ1v) is 9.41. The van der Waals surface area contributed by atoms with Crippen molar-refractivity contribution in [1.29, 1.82) is 0 Å². The zero-order valence-corrected chi connectivity index (χ0v) is 14.9. The van der Waals surface area contributed by atoms with Crippen LogP contribution >= 0.6 is 23.1 Å². The van der Waals surface area contributed by atoms with Crippen molar-refractivity contribution in [3.05, 3.63) is 82.9 Å². The first-order chi connectivity index (χ1) is 11.8. The summed E-state index contributed by atoms with van der Waals surface area (Å²) in [4.78, 5) is 1.28. The maximum Gasteiger partial charge on any atom is 0.262 e. The topological polar surface area (TPSA) is 15.9 Å². The SMILES string of the molecule is C[n+]1c(C=CC=CC=C2Nc3ccccc3S2)sc2ccccc21. The van der Waals surface area contributed by atoms with E-state index in [2.05, 4.69) is 95.8 Å². The third-order valence-corrected chi connectivity index (χ3v) is 6.06. The molecular formula is C20H17N2S2+. The monoisotopic (exact) mass is 349 g/mol. The number of aromatic nitrogens is 1. The predicted molar refractivity (Wildman–Crippen MR) is 105 cm³/mol. The zero-order chi connectivity index (χ0) is 16.4. The molecule has 0 fully saturated rings. The Morgan fingerprint density at radius 2 is 1.79 bits per heavy atom. The van der Waals surface area contributed by atoms with Gasteiger partial charge in [0.15, 0.2) is 0 Å². The molecule has 1 aromatic heterocycles. The lowest BCUT2D eigenvalue weighted by Gasteiger charge is -1.95. The third kappa shape index (κ3) is 3.03. The highest BCUT2D eigenvalue weighted by Crippen LogP contribution is 2.40. The van der Waals surface area contributed by atoms with Gasteiger partial charge in [-0.15, -0.1) is 0 Å². The quantitative estimate of drug-likeness (QED) is 0.506. The number of para-hydroxylation sites is 2. The van der Waals surface area contributed by atoms with E-state index in [0.717, 1.165) is 5.03 Å². The molecular weight excluding hydrogens is 332 g/mol. The molecule has 4 heteroatoms. The number of rotatable bonds is 3. The lowest BCUT2D eigenvalue weighted by molar-refractivity contribution is -0.642. The number of fused-ring (bicyclic) bond motifs is 2. The Labute approximate surface area is 149 Å². The molecule has 0 radical (unpaired) electrons. The molecule has 0 bridgehead atoms. The molecule has 2 nitrogen and oxygen atoms in total. The van der Waals surface area contributed by atoms with Gasteiger partial charge >= 0.3 is 0 Å². The third-order valence-electron chi connectivity index (χ3n) is 3.85. The van der Waals surface area contributed by atoms with Gasteiger partial charge in [-0.05, 0) is 24.3 Å². The Hall–Kier alpha value is -2.30. The summed E-state index contributed by atoms with van der Waals surface area (Å²) in [6.07, 6.45) is 10.5. The number of nitrogens with zero attached hydrogens (tertiary/aromatic N) is 1. The van der Waals surface area contributed by atoms with E-state index in [1.54, 1.807) is 11.8 Å². The van der Waals surface area contributed by atoms with Crippen molar-refractivity contribution >= 4 is 45.1 Å². The first-order valence-electron chi connectivity index (χ1n) is 7.78. The minimum atomic E-state index is 1.16. The number of thiazole rings is 1. The van der Waals surface area contributed by atoms with Crippen molar-refractivity contribution in [3.8, 4) is 0 Å². The van der Waals surface area contributed by atoms with Crippen molar-refractivity contribution in [3.63, 3.8) is 0 Å². The van der Waals surface area contributed by atoms with Gasteiger partial charge in [0.05, 0.1) is 10.7 Å². The van der Waals surface area contributed by atoms with Gasteiger partial charge in [-0.3, -0.25) is 0 Å². The van der Waals surface area contributed by atoms with Gasteiger partial charge in [0.1, 0.15) is 11.7 Å². The lowest BCUT2D eigenvalue weighted by Crippen LogP contribution is -2.28. The van der Waals surface area contributed by atoms with Crippen molar-refractivity contribution < 1.29 is 4.57 Å². The van der Waals surface area contributed by atoms with E-state index >= 15 is 0 Å². The molecule has 1 N–H and O–H groups in total. The van der Waals surface area contributed by atoms with E-state index in [1.165, 1.54) is 25.8 Å². The number of allylic oxidation sites excluding steroid dienone is 4. The van der Waals surface area contributed by atoms with Crippen LogP contribution in [-0.4, -0.2) is 0 Å². The number of thioether (sulfide) groups is 1.